The Morgan fingerprint density at radius 1 is 1.00 bits per heavy atom. The normalized spacial score (nSPS) is 11.5. The van der Waals surface area contributed by atoms with Crippen molar-refractivity contribution < 1.29 is 24.2 Å². The first-order valence-electron chi connectivity index (χ1n) is 12.2. The lowest BCUT2D eigenvalue weighted by molar-refractivity contribution is -0.394. The molecule has 0 heterocycles. The lowest BCUT2D eigenvalue weighted by atomic mass is 10.1. The van der Waals surface area contributed by atoms with Crippen LogP contribution in [0.5, 0.6) is 5.75 Å². The monoisotopic (exact) mass is 565 g/mol. The average Bonchev–Trinajstić information content (AvgIpc) is 2.96. The number of hydrazone groups is 1. The number of ether oxygens (including phenoxy) is 1. The number of nitro benzene ring substituents is 2. The van der Waals surface area contributed by atoms with Gasteiger partial charge in [-0.1, -0.05) is 37.3 Å². The Bertz CT molecular complexity index is 1340. The van der Waals surface area contributed by atoms with Crippen molar-refractivity contribution >= 4 is 41.2 Å². The Labute approximate surface area is 234 Å². The molecule has 0 aliphatic carbocycles. The largest absolute Gasteiger partial charge is 0.494 e. The molecule has 0 radical (unpaired) electrons. The molecule has 13 heteroatoms. The van der Waals surface area contributed by atoms with E-state index in [1.54, 1.807) is 24.3 Å². The number of carbonyl (C=O) groups excluding carboxylic acids is 2. The zero-order valence-electron chi connectivity index (χ0n) is 21.5. The maximum atomic E-state index is 13.0. The third kappa shape index (κ3) is 9.20. The van der Waals surface area contributed by atoms with Crippen LogP contribution in [0.15, 0.2) is 77.9 Å². The highest BCUT2D eigenvalue weighted by Crippen LogP contribution is 2.23. The summed E-state index contributed by atoms with van der Waals surface area (Å²) in [6, 6.07) is 18.1. The van der Waals surface area contributed by atoms with E-state index < -0.39 is 39.1 Å². The minimum absolute atomic E-state index is 0.141. The molecule has 208 valence electrons. The van der Waals surface area contributed by atoms with Crippen LogP contribution in [-0.4, -0.2) is 46.3 Å². The lowest BCUT2D eigenvalue weighted by Gasteiger charge is -2.17. The molecule has 0 unspecified atom stereocenters. The minimum Gasteiger partial charge on any atom is -0.494 e. The van der Waals surface area contributed by atoms with Crippen LogP contribution in [0.1, 0.15) is 34.8 Å². The summed E-state index contributed by atoms with van der Waals surface area (Å²) in [5, 5.41) is 28.9. The van der Waals surface area contributed by atoms with Gasteiger partial charge in [-0.2, -0.15) is 16.9 Å². The van der Waals surface area contributed by atoms with Crippen LogP contribution < -0.4 is 15.5 Å². The predicted molar refractivity (Wildman–Crippen MR) is 152 cm³/mol. The van der Waals surface area contributed by atoms with E-state index in [0.29, 0.717) is 23.7 Å². The van der Waals surface area contributed by atoms with E-state index in [-0.39, 0.29) is 11.3 Å². The first kappa shape index (κ1) is 29.8. The number of nitrogens with one attached hydrogen (secondary N) is 2. The first-order chi connectivity index (χ1) is 19.3. The highest BCUT2D eigenvalue weighted by atomic mass is 32.2. The molecule has 0 aromatic heterocycles. The number of benzene rings is 3. The molecule has 0 saturated carbocycles. The standard InChI is InChI=1S/C27H27N5O7S/c1-2-12-39-24-10-8-19(9-11-24)16-28-30-27(34)25(18-40-17-20-6-4-3-5-7-20)29-26(33)21-13-22(31(35)36)15-23(14-21)32(37)38/h3-11,13-16,25H,2,12,17-18H2,1H3,(H,29,33)(H,30,34)/b28-16-/t25-/m1/s1. The smallest absolute Gasteiger partial charge is 0.277 e. The van der Waals surface area contributed by atoms with Gasteiger partial charge in [-0.3, -0.25) is 29.8 Å². The van der Waals surface area contributed by atoms with Crippen LogP contribution in [0.3, 0.4) is 0 Å². The number of carbonyl (C=O) groups is 2. The number of hydrogen-bond donors (Lipinski definition) is 2. The highest BCUT2D eigenvalue weighted by molar-refractivity contribution is 7.98. The number of thioether (sulfide) groups is 1. The van der Waals surface area contributed by atoms with Crippen molar-refractivity contribution in [2.24, 2.45) is 5.10 Å². The van der Waals surface area contributed by atoms with Gasteiger partial charge in [0.2, 0.25) is 0 Å². The van der Waals surface area contributed by atoms with E-state index in [1.165, 1.54) is 18.0 Å². The molecule has 3 aromatic carbocycles. The number of rotatable bonds is 14. The Balaban J connectivity index is 1.72. The summed E-state index contributed by atoms with van der Waals surface area (Å²) >= 11 is 1.38. The van der Waals surface area contributed by atoms with Crippen molar-refractivity contribution in [3.8, 4) is 5.75 Å². The summed E-state index contributed by atoms with van der Waals surface area (Å²) in [4.78, 5) is 46.7. The third-order valence-electron chi connectivity index (χ3n) is 5.35. The zero-order valence-corrected chi connectivity index (χ0v) is 22.3. The van der Waals surface area contributed by atoms with Crippen LogP contribution in [0.25, 0.3) is 0 Å². The van der Waals surface area contributed by atoms with Gasteiger partial charge < -0.3 is 10.1 Å². The summed E-state index contributed by atoms with van der Waals surface area (Å²) in [7, 11) is 0. The van der Waals surface area contributed by atoms with Crippen molar-refractivity contribution in [3.05, 3.63) is 110 Å². The molecule has 12 nitrogen and oxygen atoms in total. The fourth-order valence-electron chi connectivity index (χ4n) is 3.35. The zero-order chi connectivity index (χ0) is 28.9. The Kier molecular flexibility index (Phi) is 11.1. The van der Waals surface area contributed by atoms with Gasteiger partial charge in [0.25, 0.3) is 23.2 Å². The second-order valence-electron chi connectivity index (χ2n) is 8.43. The fourth-order valence-corrected chi connectivity index (χ4v) is 4.37. The first-order valence-corrected chi connectivity index (χ1v) is 13.3. The summed E-state index contributed by atoms with van der Waals surface area (Å²) in [6.45, 7) is 2.61. The summed E-state index contributed by atoms with van der Waals surface area (Å²) in [5.74, 6) is -0.101. The quantitative estimate of drug-likeness (QED) is 0.164. The van der Waals surface area contributed by atoms with E-state index >= 15 is 0 Å². The van der Waals surface area contributed by atoms with Gasteiger partial charge in [0.1, 0.15) is 11.8 Å². The second kappa shape index (κ2) is 15.0. The van der Waals surface area contributed by atoms with Crippen molar-refractivity contribution in [1.82, 2.24) is 10.7 Å². The van der Waals surface area contributed by atoms with Gasteiger partial charge >= 0.3 is 0 Å². The van der Waals surface area contributed by atoms with Crippen LogP contribution >= 0.6 is 11.8 Å². The summed E-state index contributed by atoms with van der Waals surface area (Å²) in [6.07, 6.45) is 2.32. The molecule has 0 fully saturated rings. The Morgan fingerprint density at radius 2 is 1.65 bits per heavy atom. The van der Waals surface area contributed by atoms with Crippen LogP contribution in [0.2, 0.25) is 0 Å². The second-order valence-corrected chi connectivity index (χ2v) is 9.46. The van der Waals surface area contributed by atoms with Crippen molar-refractivity contribution in [2.45, 2.75) is 25.1 Å². The van der Waals surface area contributed by atoms with Crippen molar-refractivity contribution in [1.29, 1.82) is 0 Å². The van der Waals surface area contributed by atoms with Crippen LogP contribution in [0.4, 0.5) is 11.4 Å². The molecule has 3 rings (SSSR count). The number of amides is 2. The number of nitro groups is 2. The number of nitrogens with zero attached hydrogens (tertiary/aromatic N) is 3. The number of hydrogen-bond acceptors (Lipinski definition) is 9. The molecule has 0 saturated heterocycles. The molecule has 0 aliphatic rings. The van der Waals surface area contributed by atoms with E-state index in [2.05, 4.69) is 15.8 Å². The molecular weight excluding hydrogens is 538 g/mol. The molecule has 2 N–H and O–H groups in total. The van der Waals surface area contributed by atoms with Gasteiger partial charge in [0, 0.05) is 23.6 Å². The maximum absolute atomic E-state index is 13.0. The van der Waals surface area contributed by atoms with Crippen LogP contribution in [0, 0.1) is 20.2 Å². The van der Waals surface area contributed by atoms with Crippen molar-refractivity contribution in [3.63, 3.8) is 0 Å². The molecule has 0 aliphatic heterocycles. The maximum Gasteiger partial charge on any atom is 0.277 e. The van der Waals surface area contributed by atoms with Gasteiger partial charge in [0.15, 0.2) is 0 Å². The van der Waals surface area contributed by atoms with Crippen LogP contribution in [-0.2, 0) is 10.5 Å². The summed E-state index contributed by atoms with van der Waals surface area (Å²) in [5.41, 5.74) is 2.56. The molecule has 0 bridgehead atoms. The molecule has 0 spiro atoms. The highest BCUT2D eigenvalue weighted by Gasteiger charge is 2.25. The fraction of sp³-hybridized carbons (Fsp3) is 0.222. The number of non-ortho nitro benzene ring substituents is 2. The Hall–Kier alpha value is -4.78. The molecular formula is C27H27N5O7S. The third-order valence-corrected chi connectivity index (χ3v) is 6.45. The van der Waals surface area contributed by atoms with E-state index in [4.69, 9.17) is 4.74 Å². The summed E-state index contributed by atoms with van der Waals surface area (Å²) < 4.78 is 5.54. The van der Waals surface area contributed by atoms with Crippen molar-refractivity contribution in [2.75, 3.05) is 12.4 Å². The van der Waals surface area contributed by atoms with Gasteiger partial charge in [0.05, 0.1) is 34.3 Å². The average molecular weight is 566 g/mol. The molecule has 40 heavy (non-hydrogen) atoms. The van der Waals surface area contributed by atoms with Gasteiger partial charge in [-0.05, 0) is 41.8 Å². The molecule has 2 amide bonds. The Morgan fingerprint density at radius 3 is 2.25 bits per heavy atom. The SMILES string of the molecule is CCCOc1ccc(/C=N\NC(=O)[C@@H](CSCc2ccccc2)NC(=O)c2cc([N+](=O)[O-])cc([N+](=O)[O-])c2)cc1. The molecule has 1 atom stereocenters. The van der Waals surface area contributed by atoms with Gasteiger partial charge in [-0.15, -0.1) is 0 Å². The topological polar surface area (TPSA) is 166 Å². The predicted octanol–water partition coefficient (Wildman–Crippen LogP) is 4.47. The van der Waals surface area contributed by atoms with E-state index in [9.17, 15) is 29.8 Å². The minimum atomic E-state index is -1.10. The molecule has 3 aromatic rings. The van der Waals surface area contributed by atoms with Gasteiger partial charge in [-0.25, -0.2) is 5.43 Å². The van der Waals surface area contributed by atoms with E-state index in [1.807, 2.05) is 37.3 Å². The van der Waals surface area contributed by atoms with E-state index in [0.717, 1.165) is 30.2 Å². The lowest BCUT2D eigenvalue weighted by Crippen LogP contribution is -2.47.